The second-order valence-electron chi connectivity index (χ2n) is 4.22. The first-order valence-corrected chi connectivity index (χ1v) is 6.88. The number of anilines is 1. The second-order valence-corrected chi connectivity index (χ2v) is 6.13. The Morgan fingerprint density at radius 3 is 2.72 bits per heavy atom. The van der Waals surface area contributed by atoms with E-state index in [0.29, 0.717) is 18.8 Å². The molecule has 1 aromatic carbocycles. The van der Waals surface area contributed by atoms with Gasteiger partial charge in [-0.05, 0) is 29.3 Å². The largest absolute Gasteiger partial charge is 0.399 e. The summed E-state index contributed by atoms with van der Waals surface area (Å²) in [5.41, 5.74) is 8.29. The van der Waals surface area contributed by atoms with Crippen molar-refractivity contribution < 1.29 is 8.42 Å². The van der Waals surface area contributed by atoms with Crippen LogP contribution in [0.2, 0.25) is 0 Å². The highest BCUT2D eigenvalue weighted by Gasteiger charge is 2.31. The quantitative estimate of drug-likeness (QED) is 0.781. The Balaban J connectivity index is 1.95. The SMILES string of the molecule is Nc1ccc2c(c1)CN(S(=O)(=O)c1ccn[nH]1)C2. The maximum Gasteiger partial charge on any atom is 0.260 e. The van der Waals surface area contributed by atoms with Gasteiger partial charge in [-0.25, -0.2) is 8.42 Å². The molecule has 2 aromatic rings. The first kappa shape index (κ1) is 11.2. The fraction of sp³-hybridized carbons (Fsp3) is 0.182. The van der Waals surface area contributed by atoms with Crippen molar-refractivity contribution in [1.29, 1.82) is 0 Å². The predicted octanol–water partition coefficient (Wildman–Crippen LogP) is 0.696. The van der Waals surface area contributed by atoms with Crippen molar-refractivity contribution in [2.45, 2.75) is 18.1 Å². The van der Waals surface area contributed by atoms with Crippen molar-refractivity contribution in [3.8, 4) is 0 Å². The van der Waals surface area contributed by atoms with Gasteiger partial charge in [-0.3, -0.25) is 5.10 Å². The molecule has 3 rings (SSSR count). The van der Waals surface area contributed by atoms with Gasteiger partial charge in [0.25, 0.3) is 10.0 Å². The molecule has 0 fully saturated rings. The highest BCUT2D eigenvalue weighted by molar-refractivity contribution is 7.89. The van der Waals surface area contributed by atoms with Crippen molar-refractivity contribution in [2.75, 3.05) is 5.73 Å². The smallest absolute Gasteiger partial charge is 0.260 e. The molecule has 0 atom stereocenters. The third-order valence-electron chi connectivity index (χ3n) is 3.02. The van der Waals surface area contributed by atoms with E-state index in [-0.39, 0.29) is 5.03 Å². The van der Waals surface area contributed by atoms with Crippen molar-refractivity contribution in [1.82, 2.24) is 14.5 Å². The van der Waals surface area contributed by atoms with Crippen LogP contribution in [0.5, 0.6) is 0 Å². The zero-order chi connectivity index (χ0) is 12.8. The van der Waals surface area contributed by atoms with Crippen LogP contribution in [-0.2, 0) is 23.1 Å². The lowest BCUT2D eigenvalue weighted by Crippen LogP contribution is -2.25. The molecule has 0 bridgehead atoms. The number of benzene rings is 1. The number of hydrogen-bond donors (Lipinski definition) is 2. The van der Waals surface area contributed by atoms with Gasteiger partial charge in [-0.1, -0.05) is 6.07 Å². The molecule has 0 radical (unpaired) electrons. The number of fused-ring (bicyclic) bond motifs is 1. The van der Waals surface area contributed by atoms with Crippen molar-refractivity contribution in [3.05, 3.63) is 41.6 Å². The Bertz CT molecular complexity index is 679. The zero-order valence-electron chi connectivity index (χ0n) is 9.50. The van der Waals surface area contributed by atoms with Crippen LogP contribution in [0.1, 0.15) is 11.1 Å². The van der Waals surface area contributed by atoms with Crippen LogP contribution >= 0.6 is 0 Å². The van der Waals surface area contributed by atoms with Crippen molar-refractivity contribution in [2.24, 2.45) is 0 Å². The molecule has 2 heterocycles. The summed E-state index contributed by atoms with van der Waals surface area (Å²) in [5, 5.41) is 6.27. The molecule has 0 unspecified atom stereocenters. The van der Waals surface area contributed by atoms with E-state index in [9.17, 15) is 8.42 Å². The second kappa shape index (κ2) is 3.82. The van der Waals surface area contributed by atoms with Crippen molar-refractivity contribution >= 4 is 15.7 Å². The van der Waals surface area contributed by atoms with Crippen LogP contribution in [0, 0.1) is 0 Å². The van der Waals surface area contributed by atoms with Gasteiger partial charge in [0.15, 0.2) is 5.03 Å². The summed E-state index contributed by atoms with van der Waals surface area (Å²) in [7, 11) is -3.50. The van der Waals surface area contributed by atoms with E-state index in [4.69, 9.17) is 5.73 Å². The lowest BCUT2D eigenvalue weighted by atomic mass is 10.1. The zero-order valence-corrected chi connectivity index (χ0v) is 10.3. The van der Waals surface area contributed by atoms with E-state index in [0.717, 1.165) is 11.1 Å². The fourth-order valence-electron chi connectivity index (χ4n) is 2.08. The molecule has 7 heteroatoms. The van der Waals surface area contributed by atoms with Gasteiger partial charge >= 0.3 is 0 Å². The van der Waals surface area contributed by atoms with Gasteiger partial charge in [0, 0.05) is 18.8 Å². The molecular weight excluding hydrogens is 252 g/mol. The number of aromatic nitrogens is 2. The summed E-state index contributed by atoms with van der Waals surface area (Å²) in [6.45, 7) is 0.721. The normalized spacial score (nSPS) is 15.8. The standard InChI is InChI=1S/C11H12N4O2S/c12-10-2-1-8-6-15(7-9(8)5-10)18(16,17)11-3-4-13-14-11/h1-5H,6-7,12H2,(H,13,14). The van der Waals surface area contributed by atoms with Crippen LogP contribution in [0.3, 0.4) is 0 Å². The van der Waals surface area contributed by atoms with Gasteiger partial charge in [0.05, 0.1) is 6.20 Å². The van der Waals surface area contributed by atoms with E-state index in [1.807, 2.05) is 12.1 Å². The predicted molar refractivity (Wildman–Crippen MR) is 65.9 cm³/mol. The summed E-state index contributed by atoms with van der Waals surface area (Å²) < 4.78 is 26.0. The summed E-state index contributed by atoms with van der Waals surface area (Å²) >= 11 is 0. The Labute approximate surface area is 104 Å². The molecule has 1 aliphatic heterocycles. The van der Waals surface area contributed by atoms with E-state index in [1.165, 1.54) is 16.6 Å². The molecule has 1 aromatic heterocycles. The molecule has 0 amide bonds. The van der Waals surface area contributed by atoms with Gasteiger partial charge in [0.1, 0.15) is 0 Å². The fourth-order valence-corrected chi connectivity index (χ4v) is 3.38. The monoisotopic (exact) mass is 264 g/mol. The number of nitrogens with one attached hydrogen (secondary N) is 1. The van der Waals surface area contributed by atoms with E-state index >= 15 is 0 Å². The minimum absolute atomic E-state index is 0.114. The summed E-state index contributed by atoms with van der Waals surface area (Å²) in [6, 6.07) is 6.92. The van der Waals surface area contributed by atoms with Gasteiger partial charge in [-0.15, -0.1) is 0 Å². The van der Waals surface area contributed by atoms with Crippen molar-refractivity contribution in [3.63, 3.8) is 0 Å². The van der Waals surface area contributed by atoms with Crippen LogP contribution in [0.4, 0.5) is 5.69 Å². The molecule has 18 heavy (non-hydrogen) atoms. The summed E-state index contributed by atoms with van der Waals surface area (Å²) in [4.78, 5) is 0. The summed E-state index contributed by atoms with van der Waals surface area (Å²) in [5.74, 6) is 0. The number of rotatable bonds is 2. The number of hydrogen-bond acceptors (Lipinski definition) is 4. The van der Waals surface area contributed by atoms with E-state index in [1.54, 1.807) is 6.07 Å². The van der Waals surface area contributed by atoms with Gasteiger partial charge < -0.3 is 5.73 Å². The molecule has 0 saturated carbocycles. The minimum Gasteiger partial charge on any atom is -0.399 e. The third kappa shape index (κ3) is 1.68. The molecule has 0 saturated heterocycles. The van der Waals surface area contributed by atoms with Gasteiger partial charge in [0.2, 0.25) is 0 Å². The molecule has 3 N–H and O–H groups in total. The Kier molecular flexibility index (Phi) is 2.39. The van der Waals surface area contributed by atoms with Crippen LogP contribution < -0.4 is 5.73 Å². The first-order chi connectivity index (χ1) is 8.57. The third-order valence-corrected chi connectivity index (χ3v) is 4.74. The van der Waals surface area contributed by atoms with E-state index < -0.39 is 10.0 Å². The number of sulfonamides is 1. The molecule has 1 aliphatic rings. The van der Waals surface area contributed by atoms with Crippen LogP contribution in [0.15, 0.2) is 35.5 Å². The molecule has 94 valence electrons. The molecular formula is C11H12N4O2S. The summed E-state index contributed by atoms with van der Waals surface area (Å²) in [6.07, 6.45) is 1.42. The minimum atomic E-state index is -3.50. The number of nitrogens with two attached hydrogens (primary N) is 1. The molecule has 0 spiro atoms. The Morgan fingerprint density at radius 1 is 1.22 bits per heavy atom. The van der Waals surface area contributed by atoms with E-state index in [2.05, 4.69) is 10.2 Å². The number of nitrogen functional groups attached to an aromatic ring is 1. The first-order valence-electron chi connectivity index (χ1n) is 5.44. The maximum absolute atomic E-state index is 12.3. The van der Waals surface area contributed by atoms with Gasteiger partial charge in [-0.2, -0.15) is 9.40 Å². The number of aromatic amines is 1. The average Bonchev–Trinajstić information content (AvgIpc) is 2.97. The molecule has 6 nitrogen and oxygen atoms in total. The average molecular weight is 264 g/mol. The topological polar surface area (TPSA) is 92.1 Å². The van der Waals surface area contributed by atoms with Crippen LogP contribution in [-0.4, -0.2) is 22.9 Å². The highest BCUT2D eigenvalue weighted by Crippen LogP contribution is 2.28. The highest BCUT2D eigenvalue weighted by atomic mass is 32.2. The van der Waals surface area contributed by atoms with Crippen LogP contribution in [0.25, 0.3) is 0 Å². The Morgan fingerprint density at radius 2 is 2.00 bits per heavy atom. The maximum atomic E-state index is 12.3. The lowest BCUT2D eigenvalue weighted by molar-refractivity contribution is 0.429. The lowest BCUT2D eigenvalue weighted by Gasteiger charge is -2.13. The Hall–Kier alpha value is -1.86. The number of nitrogens with zero attached hydrogens (tertiary/aromatic N) is 2. The number of H-pyrrole nitrogens is 1. The molecule has 0 aliphatic carbocycles.